The van der Waals surface area contributed by atoms with Crippen molar-refractivity contribution in [2.45, 2.75) is 30.2 Å². The molecule has 3 aliphatic rings. The van der Waals surface area contributed by atoms with Gasteiger partial charge in [-0.25, -0.2) is 18.7 Å². The number of hydrogen-bond donors (Lipinski definition) is 0. The first-order valence-electron chi connectivity index (χ1n) is 7.95. The van der Waals surface area contributed by atoms with Crippen LogP contribution in [0.3, 0.4) is 0 Å². The number of aromatic nitrogens is 2. The van der Waals surface area contributed by atoms with Crippen LogP contribution in [-0.4, -0.2) is 46.3 Å². The van der Waals surface area contributed by atoms with Crippen LogP contribution in [0.1, 0.15) is 12.0 Å². The summed E-state index contributed by atoms with van der Waals surface area (Å²) < 4.78 is 26.9. The highest BCUT2D eigenvalue weighted by atomic mass is 32.2. The van der Waals surface area contributed by atoms with Crippen molar-refractivity contribution in [3.05, 3.63) is 47.7 Å². The second-order valence-electron chi connectivity index (χ2n) is 6.26. The van der Waals surface area contributed by atoms with Crippen LogP contribution in [0.4, 0.5) is 14.6 Å². The summed E-state index contributed by atoms with van der Waals surface area (Å²) in [6, 6.07) is 6.55. The van der Waals surface area contributed by atoms with Gasteiger partial charge in [-0.1, -0.05) is 17.8 Å². The lowest BCUT2D eigenvalue weighted by molar-refractivity contribution is -0.00952. The number of piperidine rings is 1. The van der Waals surface area contributed by atoms with E-state index in [0.29, 0.717) is 24.2 Å². The molecule has 3 fully saturated rings. The first kappa shape index (κ1) is 15.8. The van der Waals surface area contributed by atoms with Crippen LogP contribution >= 0.6 is 11.8 Å². The lowest BCUT2D eigenvalue weighted by Gasteiger charge is -2.56. The first-order valence-corrected chi connectivity index (χ1v) is 9.18. The summed E-state index contributed by atoms with van der Waals surface area (Å²) in [4.78, 5) is 13.4. The number of hydrogen-bond acceptors (Lipinski definition) is 5. The zero-order chi connectivity index (χ0) is 16.7. The Labute approximate surface area is 143 Å². The molecule has 0 aliphatic carbocycles. The van der Waals surface area contributed by atoms with Gasteiger partial charge < -0.3 is 4.90 Å². The van der Waals surface area contributed by atoms with Gasteiger partial charge in [-0.05, 0) is 24.8 Å². The summed E-state index contributed by atoms with van der Waals surface area (Å²) >= 11 is 1.53. The molecular weight excluding hydrogens is 330 g/mol. The highest BCUT2D eigenvalue weighted by molar-refractivity contribution is 7.98. The SMILES string of the molecule is CSc1nccc(N2CC3CC(C2)N3Cc2ccc(F)cc2F)n1. The predicted molar refractivity (Wildman–Crippen MR) is 90.1 cm³/mol. The van der Waals surface area contributed by atoms with Crippen molar-refractivity contribution in [3.63, 3.8) is 0 Å². The highest BCUT2D eigenvalue weighted by Crippen LogP contribution is 2.35. The van der Waals surface area contributed by atoms with Crippen LogP contribution in [0.15, 0.2) is 35.6 Å². The molecule has 3 saturated heterocycles. The van der Waals surface area contributed by atoms with Crippen LogP contribution in [-0.2, 0) is 6.54 Å². The third-order valence-corrected chi connectivity index (χ3v) is 5.40. The van der Waals surface area contributed by atoms with E-state index in [9.17, 15) is 8.78 Å². The van der Waals surface area contributed by atoms with E-state index in [1.54, 1.807) is 12.3 Å². The Balaban J connectivity index is 1.44. The molecule has 0 saturated carbocycles. The topological polar surface area (TPSA) is 32.3 Å². The molecule has 2 unspecified atom stereocenters. The first-order chi connectivity index (χ1) is 11.6. The van der Waals surface area contributed by atoms with Gasteiger partial charge in [0.2, 0.25) is 0 Å². The second-order valence-corrected chi connectivity index (χ2v) is 7.03. The van der Waals surface area contributed by atoms with Crippen molar-refractivity contribution in [1.29, 1.82) is 0 Å². The fourth-order valence-electron chi connectivity index (χ4n) is 3.59. The molecule has 1 aromatic carbocycles. The van der Waals surface area contributed by atoms with Gasteiger partial charge in [-0.2, -0.15) is 0 Å². The van der Waals surface area contributed by atoms with Crippen molar-refractivity contribution < 1.29 is 8.78 Å². The normalized spacial score (nSPS) is 23.2. The van der Waals surface area contributed by atoms with E-state index >= 15 is 0 Å². The lowest BCUT2D eigenvalue weighted by atomic mass is 9.86. The Bertz CT molecular complexity index is 745. The van der Waals surface area contributed by atoms with Gasteiger partial charge in [0.05, 0.1) is 0 Å². The van der Waals surface area contributed by atoms with Crippen molar-refractivity contribution in [2.24, 2.45) is 0 Å². The standard InChI is InChI=1S/C17H18F2N4S/c1-24-17-20-5-4-16(21-17)22-9-13-7-14(10-22)23(13)8-11-2-3-12(18)6-15(11)19/h2-6,13-14H,7-10H2,1H3. The van der Waals surface area contributed by atoms with Gasteiger partial charge in [0.15, 0.2) is 5.16 Å². The van der Waals surface area contributed by atoms with Gasteiger partial charge in [0.25, 0.3) is 0 Å². The maximum atomic E-state index is 13.9. The quantitative estimate of drug-likeness (QED) is 0.627. The minimum Gasteiger partial charge on any atom is -0.353 e. The Morgan fingerprint density at radius 1 is 1.21 bits per heavy atom. The average Bonchev–Trinajstić information content (AvgIpc) is 2.61. The van der Waals surface area contributed by atoms with Crippen LogP contribution in [0.5, 0.6) is 0 Å². The zero-order valence-electron chi connectivity index (χ0n) is 13.3. The maximum Gasteiger partial charge on any atom is 0.189 e. The number of benzene rings is 1. The highest BCUT2D eigenvalue weighted by Gasteiger charge is 2.44. The lowest BCUT2D eigenvalue weighted by Crippen LogP contribution is -2.68. The summed E-state index contributed by atoms with van der Waals surface area (Å²) in [5, 5.41) is 0.775. The third kappa shape index (κ3) is 2.86. The smallest absolute Gasteiger partial charge is 0.189 e. The zero-order valence-corrected chi connectivity index (χ0v) is 14.1. The molecule has 2 atom stereocenters. The molecule has 0 radical (unpaired) electrons. The number of rotatable bonds is 4. The number of anilines is 1. The molecule has 3 aliphatic heterocycles. The number of thioether (sulfide) groups is 1. The Morgan fingerprint density at radius 2 is 2.00 bits per heavy atom. The molecule has 1 aromatic heterocycles. The monoisotopic (exact) mass is 348 g/mol. The molecule has 2 aromatic rings. The molecule has 0 amide bonds. The molecule has 4 nitrogen and oxygen atoms in total. The number of nitrogens with zero attached hydrogens (tertiary/aromatic N) is 4. The molecule has 126 valence electrons. The Morgan fingerprint density at radius 3 is 2.71 bits per heavy atom. The van der Waals surface area contributed by atoms with Crippen LogP contribution < -0.4 is 4.90 Å². The molecule has 4 heterocycles. The fraction of sp³-hybridized carbons (Fsp3) is 0.412. The average molecular weight is 348 g/mol. The molecular formula is C17H18F2N4S. The van der Waals surface area contributed by atoms with E-state index in [4.69, 9.17) is 0 Å². The summed E-state index contributed by atoms with van der Waals surface area (Å²) in [7, 11) is 0. The van der Waals surface area contributed by atoms with Gasteiger partial charge >= 0.3 is 0 Å². The summed E-state index contributed by atoms with van der Waals surface area (Å²) in [5.41, 5.74) is 0.561. The van der Waals surface area contributed by atoms with Crippen LogP contribution in [0.2, 0.25) is 0 Å². The van der Waals surface area contributed by atoms with Crippen molar-refractivity contribution in [1.82, 2.24) is 14.9 Å². The van der Waals surface area contributed by atoms with Crippen molar-refractivity contribution in [2.75, 3.05) is 24.2 Å². The predicted octanol–water partition coefficient (Wildman–Crippen LogP) is 2.94. The van der Waals surface area contributed by atoms with E-state index in [1.165, 1.54) is 17.8 Å². The molecule has 24 heavy (non-hydrogen) atoms. The minimum atomic E-state index is -0.528. The fourth-order valence-corrected chi connectivity index (χ4v) is 3.94. The van der Waals surface area contributed by atoms with Gasteiger partial charge in [0, 0.05) is 49.5 Å². The van der Waals surface area contributed by atoms with Crippen LogP contribution in [0, 0.1) is 11.6 Å². The van der Waals surface area contributed by atoms with E-state index in [-0.39, 0.29) is 0 Å². The van der Waals surface area contributed by atoms with E-state index in [2.05, 4.69) is 19.8 Å². The van der Waals surface area contributed by atoms with Gasteiger partial charge in [0.1, 0.15) is 17.5 Å². The van der Waals surface area contributed by atoms with Gasteiger partial charge in [-0.3, -0.25) is 4.90 Å². The van der Waals surface area contributed by atoms with E-state index < -0.39 is 11.6 Å². The van der Waals surface area contributed by atoms with Crippen molar-refractivity contribution in [3.8, 4) is 0 Å². The molecule has 0 N–H and O–H groups in total. The van der Waals surface area contributed by atoms with E-state index in [0.717, 1.165) is 36.6 Å². The summed E-state index contributed by atoms with van der Waals surface area (Å²) in [6.45, 7) is 2.30. The Hall–Kier alpha value is -1.73. The number of fused-ring (bicyclic) bond motifs is 2. The minimum absolute atomic E-state index is 0.390. The third-order valence-electron chi connectivity index (χ3n) is 4.84. The van der Waals surface area contributed by atoms with Crippen molar-refractivity contribution >= 4 is 17.6 Å². The van der Waals surface area contributed by atoms with Gasteiger partial charge in [-0.15, -0.1) is 0 Å². The van der Waals surface area contributed by atoms with E-state index in [1.807, 2.05) is 12.3 Å². The second kappa shape index (κ2) is 6.29. The maximum absolute atomic E-state index is 13.9. The summed E-state index contributed by atoms with van der Waals surface area (Å²) in [6.07, 6.45) is 4.88. The number of halogens is 2. The number of piperazine rings is 1. The molecule has 2 bridgehead atoms. The largest absolute Gasteiger partial charge is 0.353 e. The van der Waals surface area contributed by atoms with Crippen LogP contribution in [0.25, 0.3) is 0 Å². The molecule has 5 rings (SSSR count). The molecule has 7 heteroatoms. The molecule has 0 spiro atoms. The summed E-state index contributed by atoms with van der Waals surface area (Å²) in [5.74, 6) is -0.0338. The Kier molecular flexibility index (Phi) is 4.14.